The average molecular weight is 675 g/mol. The van der Waals surface area contributed by atoms with E-state index in [4.69, 9.17) is 9.47 Å². The molecule has 4 atom stereocenters. The van der Waals surface area contributed by atoms with Gasteiger partial charge in [-0.05, 0) is 24.7 Å². The van der Waals surface area contributed by atoms with Crippen LogP contribution in [0.2, 0.25) is 0 Å². The van der Waals surface area contributed by atoms with Crippen LogP contribution in [0.5, 0.6) is 0 Å². The van der Waals surface area contributed by atoms with Gasteiger partial charge in [-0.15, -0.1) is 22.7 Å². The van der Waals surface area contributed by atoms with Crippen LogP contribution in [0, 0.1) is 17.8 Å². The zero-order chi connectivity index (χ0) is 33.5. The number of carbonyl (C=O) groups excluding carboxylic acids is 4. The number of alkyl halides is 3. The Morgan fingerprint density at radius 2 is 1.78 bits per heavy atom. The van der Waals surface area contributed by atoms with Crippen molar-refractivity contribution in [1.82, 2.24) is 20.2 Å². The van der Waals surface area contributed by atoms with Gasteiger partial charge in [-0.3, -0.25) is 19.2 Å². The molecule has 1 N–H and O–H groups in total. The van der Waals surface area contributed by atoms with Gasteiger partial charge in [-0.2, -0.15) is 13.2 Å². The van der Waals surface area contributed by atoms with Crippen LogP contribution in [0.4, 0.5) is 13.2 Å². The molecule has 1 aliphatic carbocycles. The number of hydrogen-bond donors (Lipinski definition) is 1. The van der Waals surface area contributed by atoms with Gasteiger partial charge in [0.25, 0.3) is 5.91 Å². The number of thiazole rings is 2. The summed E-state index contributed by atoms with van der Waals surface area (Å²) in [5.74, 6) is -1.64. The molecule has 1 aliphatic rings. The summed E-state index contributed by atoms with van der Waals surface area (Å²) in [6.07, 6.45) is -1.45. The van der Waals surface area contributed by atoms with Crippen LogP contribution in [0.15, 0.2) is 10.8 Å². The smallest absolute Gasteiger partial charge is 0.434 e. The molecule has 1 fully saturated rings. The van der Waals surface area contributed by atoms with Crippen LogP contribution < -0.4 is 5.32 Å². The number of halogens is 3. The van der Waals surface area contributed by atoms with Crippen molar-refractivity contribution in [3.63, 3.8) is 0 Å². The number of nitrogens with zero attached hydrogens (tertiary/aromatic N) is 3. The van der Waals surface area contributed by atoms with E-state index >= 15 is 0 Å². The number of nitrogens with one attached hydrogen (secondary N) is 1. The van der Waals surface area contributed by atoms with Gasteiger partial charge in [0.15, 0.2) is 11.8 Å². The first kappa shape index (κ1) is 36.4. The Morgan fingerprint density at radius 3 is 2.33 bits per heavy atom. The van der Waals surface area contributed by atoms with Gasteiger partial charge >= 0.3 is 18.1 Å². The maximum atomic E-state index is 13.3. The monoisotopic (exact) mass is 674 g/mol. The molecule has 0 bridgehead atoms. The predicted octanol–water partition coefficient (Wildman–Crippen LogP) is 5.83. The first-order valence-corrected chi connectivity index (χ1v) is 16.6. The zero-order valence-electron chi connectivity index (χ0n) is 26.3. The molecular weight excluding hydrogens is 633 g/mol. The number of amides is 2. The number of methoxy groups -OCH3 is 1. The Labute approximate surface area is 269 Å². The minimum Gasteiger partial charge on any atom is -0.469 e. The van der Waals surface area contributed by atoms with Crippen molar-refractivity contribution >= 4 is 46.4 Å². The van der Waals surface area contributed by atoms with E-state index in [1.807, 2.05) is 13.8 Å². The molecule has 0 spiro atoms. The maximum Gasteiger partial charge on any atom is 0.434 e. The third-order valence-electron chi connectivity index (χ3n) is 7.76. The normalized spacial score (nSPS) is 16.0. The fourth-order valence-corrected chi connectivity index (χ4v) is 6.78. The van der Waals surface area contributed by atoms with Gasteiger partial charge in [0.05, 0.1) is 18.0 Å². The molecule has 45 heavy (non-hydrogen) atoms. The second-order valence-electron chi connectivity index (χ2n) is 11.9. The highest BCUT2D eigenvalue weighted by Crippen LogP contribution is 2.35. The van der Waals surface area contributed by atoms with Gasteiger partial charge in [0.2, 0.25) is 5.91 Å². The molecule has 0 radical (unpaired) electrons. The van der Waals surface area contributed by atoms with E-state index in [0.717, 1.165) is 47.3 Å². The highest BCUT2D eigenvalue weighted by molar-refractivity contribution is 7.10. The lowest BCUT2D eigenvalue weighted by Crippen LogP contribution is -2.41. The average Bonchev–Trinajstić information content (AvgIpc) is 3.43. The van der Waals surface area contributed by atoms with Crippen LogP contribution in [0.3, 0.4) is 0 Å². The minimum absolute atomic E-state index is 0.0213. The SMILES string of the molecule is COC(=O)[C@@H](C)CC(Cc1nc(C(F)(F)F)cs1)NC(=O)c1csc([C@@H](CC(C(C)C)N(C)C(=O)CCC2CC2)OC(C)=O)n1. The summed E-state index contributed by atoms with van der Waals surface area (Å²) in [4.78, 5) is 60.2. The van der Waals surface area contributed by atoms with E-state index < -0.39 is 47.8 Å². The van der Waals surface area contributed by atoms with Crippen LogP contribution in [0.1, 0.15) is 98.5 Å². The Balaban J connectivity index is 1.77. The van der Waals surface area contributed by atoms with Crippen molar-refractivity contribution in [2.45, 2.75) is 97.0 Å². The van der Waals surface area contributed by atoms with E-state index in [2.05, 4.69) is 15.3 Å². The second-order valence-corrected chi connectivity index (χ2v) is 13.7. The van der Waals surface area contributed by atoms with E-state index in [1.165, 1.54) is 19.4 Å². The highest BCUT2D eigenvalue weighted by Gasteiger charge is 2.35. The second kappa shape index (κ2) is 16.0. The van der Waals surface area contributed by atoms with E-state index in [0.29, 0.717) is 17.3 Å². The van der Waals surface area contributed by atoms with Crippen molar-refractivity contribution in [3.05, 3.63) is 32.2 Å². The molecule has 3 rings (SSSR count). The molecule has 15 heteroatoms. The Hall–Kier alpha value is -3.07. The first-order chi connectivity index (χ1) is 21.1. The summed E-state index contributed by atoms with van der Waals surface area (Å²) < 4.78 is 49.7. The van der Waals surface area contributed by atoms with Crippen LogP contribution in [-0.2, 0) is 36.5 Å². The molecule has 250 valence electrons. The molecule has 2 aromatic rings. The number of esters is 2. The Morgan fingerprint density at radius 1 is 1.09 bits per heavy atom. The van der Waals surface area contributed by atoms with Crippen molar-refractivity contribution < 1.29 is 41.8 Å². The molecule has 2 unspecified atom stereocenters. The van der Waals surface area contributed by atoms with Crippen molar-refractivity contribution in [2.24, 2.45) is 17.8 Å². The van der Waals surface area contributed by atoms with E-state index in [-0.39, 0.29) is 47.8 Å². The lowest BCUT2D eigenvalue weighted by molar-refractivity contribution is -0.148. The van der Waals surface area contributed by atoms with Gasteiger partial charge in [-0.25, -0.2) is 9.97 Å². The molecule has 2 aromatic heterocycles. The highest BCUT2D eigenvalue weighted by atomic mass is 32.1. The van der Waals surface area contributed by atoms with Crippen molar-refractivity contribution in [3.8, 4) is 0 Å². The minimum atomic E-state index is -4.60. The lowest BCUT2D eigenvalue weighted by atomic mass is 9.96. The number of rotatable bonds is 16. The molecule has 2 amide bonds. The molecule has 0 aliphatic heterocycles. The summed E-state index contributed by atoms with van der Waals surface area (Å²) in [5.41, 5.74) is -1.00. The summed E-state index contributed by atoms with van der Waals surface area (Å²) >= 11 is 1.94. The van der Waals surface area contributed by atoms with Gasteiger partial charge in [-0.1, -0.05) is 33.6 Å². The number of ether oxygens (including phenoxy) is 2. The van der Waals surface area contributed by atoms with Crippen LogP contribution in [0.25, 0.3) is 0 Å². The molecule has 0 aromatic carbocycles. The summed E-state index contributed by atoms with van der Waals surface area (Å²) in [6, 6.07) is -1.01. The fraction of sp³-hybridized carbons (Fsp3) is 0.667. The van der Waals surface area contributed by atoms with Gasteiger partial charge in [0, 0.05) is 56.1 Å². The van der Waals surface area contributed by atoms with E-state index in [1.54, 1.807) is 18.9 Å². The van der Waals surface area contributed by atoms with Crippen LogP contribution in [-0.4, -0.2) is 64.9 Å². The first-order valence-electron chi connectivity index (χ1n) is 14.9. The topological polar surface area (TPSA) is 128 Å². The Bertz CT molecular complexity index is 1330. The van der Waals surface area contributed by atoms with Gasteiger partial charge < -0.3 is 19.7 Å². The molecule has 2 heterocycles. The largest absolute Gasteiger partial charge is 0.469 e. The maximum absolute atomic E-state index is 13.3. The molecular formula is C30H41F3N4O6S2. The molecule has 10 nitrogen and oxygen atoms in total. The summed E-state index contributed by atoms with van der Waals surface area (Å²) in [6.45, 7) is 6.84. The zero-order valence-corrected chi connectivity index (χ0v) is 27.9. The van der Waals surface area contributed by atoms with Crippen molar-refractivity contribution in [2.75, 3.05) is 14.2 Å². The fourth-order valence-electron chi connectivity index (χ4n) is 5.05. The van der Waals surface area contributed by atoms with E-state index in [9.17, 15) is 32.3 Å². The third-order valence-corrected chi connectivity index (χ3v) is 9.57. The summed E-state index contributed by atoms with van der Waals surface area (Å²) in [5, 5.41) is 5.70. The lowest BCUT2D eigenvalue weighted by Gasteiger charge is -2.33. The third kappa shape index (κ3) is 11.0. The quantitative estimate of drug-likeness (QED) is 0.221. The van der Waals surface area contributed by atoms with Crippen LogP contribution >= 0.6 is 22.7 Å². The predicted molar refractivity (Wildman–Crippen MR) is 162 cm³/mol. The Kier molecular flexibility index (Phi) is 12.9. The standard InChI is InChI=1S/C30H41F3N4O6S2/c1-16(2)22(37(5)26(39)10-9-19-7-8-19)13-23(43-18(4)38)28-35-21(14-45-28)27(40)34-20(11-17(3)29(41)42-6)12-25-36-24(15-44-25)30(31,32)33/h14-17,19-20,22-23H,7-13H2,1-6H3,(H,34,40)/t17-,20?,22?,23+/m0/s1. The molecule has 0 saturated heterocycles. The molecule has 1 saturated carbocycles. The number of carbonyl (C=O) groups is 4. The number of aromatic nitrogens is 2. The van der Waals surface area contributed by atoms with Gasteiger partial charge in [0.1, 0.15) is 10.7 Å². The summed E-state index contributed by atoms with van der Waals surface area (Å²) in [7, 11) is 2.98. The van der Waals surface area contributed by atoms with Crippen molar-refractivity contribution in [1.29, 1.82) is 0 Å². The number of hydrogen-bond acceptors (Lipinski definition) is 10.